The van der Waals surface area contributed by atoms with Crippen LogP contribution in [-0.2, 0) is 6.54 Å². The maximum absolute atomic E-state index is 11.9. The van der Waals surface area contributed by atoms with Gasteiger partial charge < -0.3 is 19.9 Å². The van der Waals surface area contributed by atoms with E-state index in [1.807, 2.05) is 0 Å². The summed E-state index contributed by atoms with van der Waals surface area (Å²) in [5.41, 5.74) is 0.855. The minimum atomic E-state index is -0.250. The standard InChI is InChI=1S/C12H11N3O4/c16-11-4-8(14-15-11)5-13-12(17)7-1-2-9-10(3-7)19-6-18-9/h1-4H,5-6H2,(H,13,17)(H2,14,15,16). The smallest absolute Gasteiger partial charge is 0.264 e. The maximum atomic E-state index is 11.9. The molecule has 0 saturated heterocycles. The van der Waals surface area contributed by atoms with E-state index in [4.69, 9.17) is 9.47 Å². The summed E-state index contributed by atoms with van der Waals surface area (Å²) in [4.78, 5) is 22.8. The van der Waals surface area contributed by atoms with Gasteiger partial charge in [0.2, 0.25) is 6.79 Å². The molecule has 1 aromatic heterocycles. The quantitative estimate of drug-likeness (QED) is 0.743. The van der Waals surface area contributed by atoms with Crippen molar-refractivity contribution in [1.29, 1.82) is 0 Å². The molecule has 0 bridgehead atoms. The van der Waals surface area contributed by atoms with Gasteiger partial charge in [0.25, 0.3) is 11.5 Å². The van der Waals surface area contributed by atoms with Gasteiger partial charge in [-0.3, -0.25) is 14.7 Å². The third kappa shape index (κ3) is 2.30. The summed E-state index contributed by atoms with van der Waals surface area (Å²) in [6, 6.07) is 6.36. The Morgan fingerprint density at radius 1 is 1.21 bits per heavy atom. The van der Waals surface area contributed by atoms with E-state index in [0.717, 1.165) is 0 Å². The molecule has 7 heteroatoms. The highest BCUT2D eigenvalue weighted by Crippen LogP contribution is 2.32. The predicted molar refractivity (Wildman–Crippen MR) is 65.1 cm³/mol. The Morgan fingerprint density at radius 2 is 2.05 bits per heavy atom. The molecule has 2 aromatic rings. The van der Waals surface area contributed by atoms with Gasteiger partial charge in [0.1, 0.15) is 0 Å². The average molecular weight is 261 g/mol. The largest absolute Gasteiger partial charge is 0.454 e. The number of carbonyl (C=O) groups excluding carboxylic acids is 1. The maximum Gasteiger partial charge on any atom is 0.264 e. The molecule has 1 amide bonds. The molecule has 0 atom stereocenters. The number of nitrogens with one attached hydrogen (secondary N) is 3. The van der Waals surface area contributed by atoms with Gasteiger partial charge in [0.15, 0.2) is 11.5 Å². The molecule has 3 N–H and O–H groups in total. The number of hydrogen-bond acceptors (Lipinski definition) is 4. The van der Waals surface area contributed by atoms with Crippen LogP contribution in [0, 0.1) is 0 Å². The normalized spacial score (nSPS) is 12.4. The van der Waals surface area contributed by atoms with Crippen LogP contribution in [0.3, 0.4) is 0 Å². The number of H-pyrrole nitrogens is 2. The lowest BCUT2D eigenvalue weighted by Crippen LogP contribution is -2.22. The number of ether oxygens (including phenoxy) is 2. The summed E-state index contributed by atoms with van der Waals surface area (Å²) < 4.78 is 10.4. The van der Waals surface area contributed by atoms with Crippen molar-refractivity contribution < 1.29 is 14.3 Å². The Labute approximate surface area is 107 Å². The van der Waals surface area contributed by atoms with Gasteiger partial charge >= 0.3 is 0 Å². The van der Waals surface area contributed by atoms with Gasteiger partial charge in [-0.1, -0.05) is 0 Å². The van der Waals surface area contributed by atoms with E-state index in [-0.39, 0.29) is 24.8 Å². The number of rotatable bonds is 3. The first kappa shape index (κ1) is 11.4. The van der Waals surface area contributed by atoms with Crippen molar-refractivity contribution in [2.45, 2.75) is 6.54 Å². The van der Waals surface area contributed by atoms with E-state index in [1.54, 1.807) is 18.2 Å². The third-order valence-electron chi connectivity index (χ3n) is 2.73. The fraction of sp³-hybridized carbons (Fsp3) is 0.167. The van der Waals surface area contributed by atoms with Crippen LogP contribution in [0.5, 0.6) is 11.5 Å². The fourth-order valence-corrected chi connectivity index (χ4v) is 1.78. The zero-order valence-electron chi connectivity index (χ0n) is 9.86. The SMILES string of the molecule is O=C(NCc1cc(=O)[nH][nH]1)c1ccc2c(c1)OCO2. The lowest BCUT2D eigenvalue weighted by Gasteiger charge is -2.04. The highest BCUT2D eigenvalue weighted by molar-refractivity contribution is 5.94. The highest BCUT2D eigenvalue weighted by atomic mass is 16.7. The van der Waals surface area contributed by atoms with E-state index in [9.17, 15) is 9.59 Å². The van der Waals surface area contributed by atoms with Gasteiger partial charge in [-0.25, -0.2) is 0 Å². The van der Waals surface area contributed by atoms with Crippen LogP contribution in [0.15, 0.2) is 29.1 Å². The van der Waals surface area contributed by atoms with Gasteiger partial charge in [0, 0.05) is 11.6 Å². The zero-order valence-corrected chi connectivity index (χ0v) is 9.86. The second-order valence-electron chi connectivity index (χ2n) is 4.03. The Kier molecular flexibility index (Phi) is 2.71. The molecular formula is C12H11N3O4. The van der Waals surface area contributed by atoms with Crippen molar-refractivity contribution in [2.75, 3.05) is 6.79 Å². The number of carbonyl (C=O) groups is 1. The lowest BCUT2D eigenvalue weighted by atomic mass is 10.2. The molecule has 0 spiro atoms. The van der Waals surface area contributed by atoms with E-state index < -0.39 is 0 Å². The Morgan fingerprint density at radius 3 is 2.84 bits per heavy atom. The zero-order chi connectivity index (χ0) is 13.2. The number of fused-ring (bicyclic) bond motifs is 1. The molecule has 19 heavy (non-hydrogen) atoms. The summed E-state index contributed by atoms with van der Waals surface area (Å²) in [5.74, 6) is 0.939. The number of amides is 1. The molecule has 7 nitrogen and oxygen atoms in total. The molecule has 0 fully saturated rings. The van der Waals surface area contributed by atoms with Crippen LogP contribution in [0.1, 0.15) is 16.1 Å². The summed E-state index contributed by atoms with van der Waals surface area (Å²) in [5, 5.41) is 7.75. The van der Waals surface area contributed by atoms with Crippen molar-refractivity contribution in [2.24, 2.45) is 0 Å². The third-order valence-corrected chi connectivity index (χ3v) is 2.73. The van der Waals surface area contributed by atoms with Gasteiger partial charge in [-0.2, -0.15) is 0 Å². The van der Waals surface area contributed by atoms with E-state index in [1.165, 1.54) is 6.07 Å². The fourth-order valence-electron chi connectivity index (χ4n) is 1.78. The number of benzene rings is 1. The summed E-state index contributed by atoms with van der Waals surface area (Å²) >= 11 is 0. The first-order chi connectivity index (χ1) is 9.22. The summed E-state index contributed by atoms with van der Waals surface area (Å²) in [6.07, 6.45) is 0. The Balaban J connectivity index is 1.68. The second-order valence-corrected chi connectivity index (χ2v) is 4.03. The number of aromatic amines is 2. The van der Waals surface area contributed by atoms with Crippen molar-refractivity contribution in [1.82, 2.24) is 15.5 Å². The second kappa shape index (κ2) is 4.52. The van der Waals surface area contributed by atoms with Crippen LogP contribution in [0.25, 0.3) is 0 Å². The van der Waals surface area contributed by atoms with Gasteiger partial charge in [-0.05, 0) is 18.2 Å². The molecule has 98 valence electrons. The molecule has 0 saturated carbocycles. The Hall–Kier alpha value is -2.70. The van der Waals surface area contributed by atoms with E-state index in [2.05, 4.69) is 15.5 Å². The average Bonchev–Trinajstić information content (AvgIpc) is 3.03. The van der Waals surface area contributed by atoms with Crippen molar-refractivity contribution in [3.63, 3.8) is 0 Å². The van der Waals surface area contributed by atoms with Gasteiger partial charge in [-0.15, -0.1) is 0 Å². The van der Waals surface area contributed by atoms with Crippen LogP contribution in [-0.4, -0.2) is 22.9 Å². The predicted octanol–water partition coefficient (Wildman–Crippen LogP) is 0.362. The van der Waals surface area contributed by atoms with E-state index in [0.29, 0.717) is 22.8 Å². The summed E-state index contributed by atoms with van der Waals surface area (Å²) in [6.45, 7) is 0.414. The summed E-state index contributed by atoms with van der Waals surface area (Å²) in [7, 11) is 0. The number of hydrogen-bond donors (Lipinski definition) is 3. The van der Waals surface area contributed by atoms with Crippen molar-refractivity contribution in [3.05, 3.63) is 45.9 Å². The molecule has 0 unspecified atom stereocenters. The molecule has 1 aliphatic heterocycles. The van der Waals surface area contributed by atoms with E-state index >= 15 is 0 Å². The lowest BCUT2D eigenvalue weighted by molar-refractivity contribution is 0.0950. The van der Waals surface area contributed by atoms with Gasteiger partial charge in [0.05, 0.1) is 12.2 Å². The van der Waals surface area contributed by atoms with Crippen molar-refractivity contribution >= 4 is 5.91 Å². The van der Waals surface area contributed by atoms with Crippen LogP contribution >= 0.6 is 0 Å². The molecule has 2 heterocycles. The topological polar surface area (TPSA) is 96.2 Å². The van der Waals surface area contributed by atoms with Crippen LogP contribution in [0.2, 0.25) is 0 Å². The monoisotopic (exact) mass is 261 g/mol. The molecular weight excluding hydrogens is 250 g/mol. The molecule has 1 aromatic carbocycles. The highest BCUT2D eigenvalue weighted by Gasteiger charge is 2.16. The van der Waals surface area contributed by atoms with Crippen molar-refractivity contribution in [3.8, 4) is 11.5 Å². The van der Waals surface area contributed by atoms with Crippen LogP contribution in [0.4, 0.5) is 0 Å². The first-order valence-corrected chi connectivity index (χ1v) is 5.67. The molecule has 0 radical (unpaired) electrons. The first-order valence-electron chi connectivity index (χ1n) is 5.67. The molecule has 0 aliphatic carbocycles. The molecule has 3 rings (SSSR count). The number of aromatic nitrogens is 2. The minimum Gasteiger partial charge on any atom is -0.454 e. The minimum absolute atomic E-state index is 0.172. The van der Waals surface area contributed by atoms with Crippen LogP contribution < -0.4 is 20.3 Å². The Bertz CT molecular complexity index is 674. The molecule has 1 aliphatic rings.